The van der Waals surface area contributed by atoms with Crippen molar-refractivity contribution in [2.75, 3.05) is 19.7 Å². The number of aromatic nitrogens is 1. The van der Waals surface area contributed by atoms with Crippen molar-refractivity contribution in [1.82, 2.24) is 9.29 Å². The van der Waals surface area contributed by atoms with Crippen LogP contribution in [0.15, 0.2) is 47.4 Å². The number of carbonyl (C=O) groups excluding carboxylic acids is 1. The van der Waals surface area contributed by atoms with Gasteiger partial charge in [-0.05, 0) is 62.9 Å². The fourth-order valence-corrected chi connectivity index (χ4v) is 4.84. The Morgan fingerprint density at radius 3 is 2.61 bits per heavy atom. The van der Waals surface area contributed by atoms with Crippen LogP contribution in [0.2, 0.25) is 0 Å². The third kappa shape index (κ3) is 5.17. The molecule has 1 aliphatic rings. The van der Waals surface area contributed by atoms with Crippen molar-refractivity contribution in [3.63, 3.8) is 0 Å². The van der Waals surface area contributed by atoms with Crippen molar-refractivity contribution in [3.8, 4) is 0 Å². The Labute approximate surface area is 166 Å². The summed E-state index contributed by atoms with van der Waals surface area (Å²) in [6.07, 6.45) is 4.18. The van der Waals surface area contributed by atoms with E-state index in [1.807, 2.05) is 25.1 Å². The van der Waals surface area contributed by atoms with Crippen LogP contribution in [-0.4, -0.2) is 43.4 Å². The molecule has 0 N–H and O–H groups in total. The second-order valence-electron chi connectivity index (χ2n) is 7.00. The lowest BCUT2D eigenvalue weighted by Crippen LogP contribution is -2.35. The van der Waals surface area contributed by atoms with Crippen molar-refractivity contribution in [2.24, 2.45) is 0 Å². The average Bonchev–Trinajstić information content (AvgIpc) is 2.72. The number of carbonyl (C=O) groups is 1. The molecule has 0 atom stereocenters. The molecule has 2 heterocycles. The second-order valence-corrected chi connectivity index (χ2v) is 8.94. The van der Waals surface area contributed by atoms with Crippen LogP contribution in [0.3, 0.4) is 0 Å². The van der Waals surface area contributed by atoms with Crippen molar-refractivity contribution in [1.29, 1.82) is 0 Å². The van der Waals surface area contributed by atoms with Gasteiger partial charge in [0.2, 0.25) is 10.0 Å². The molecule has 0 saturated carbocycles. The minimum atomic E-state index is -3.57. The van der Waals surface area contributed by atoms with E-state index in [4.69, 9.17) is 4.74 Å². The number of ether oxygens (including phenoxy) is 1. The van der Waals surface area contributed by atoms with Crippen LogP contribution in [0, 0.1) is 6.92 Å². The second kappa shape index (κ2) is 9.30. The van der Waals surface area contributed by atoms with Gasteiger partial charge in [0.25, 0.3) is 0 Å². The van der Waals surface area contributed by atoms with Gasteiger partial charge < -0.3 is 4.74 Å². The van der Waals surface area contributed by atoms with Crippen molar-refractivity contribution in [2.45, 2.75) is 43.9 Å². The number of aryl methyl sites for hydroxylation is 2. The van der Waals surface area contributed by atoms with Crippen LogP contribution in [0.1, 0.15) is 47.4 Å². The highest BCUT2D eigenvalue weighted by Gasteiger charge is 2.26. The summed E-state index contributed by atoms with van der Waals surface area (Å²) in [5, 5.41) is 0. The summed E-state index contributed by atoms with van der Waals surface area (Å²) in [7, 11) is -3.57. The standard InChI is InChI=1S/C21H26N2O4S/c1-17-8-5-10-19(22-17)11-7-15-27-21(24)18-9-6-12-20(16-18)28(25,26)23-13-3-2-4-14-23/h5-6,8-10,12,16H,2-4,7,11,13-15H2,1H3. The molecule has 0 unspecified atom stereocenters. The normalized spacial score (nSPS) is 15.3. The minimum absolute atomic E-state index is 0.146. The fraction of sp³-hybridized carbons (Fsp3) is 0.429. The summed E-state index contributed by atoms with van der Waals surface area (Å²) in [5.41, 5.74) is 2.18. The summed E-state index contributed by atoms with van der Waals surface area (Å²) < 4.78 is 32.4. The molecule has 0 spiro atoms. The molecule has 1 aliphatic heterocycles. The van der Waals surface area contributed by atoms with Gasteiger partial charge in [0.05, 0.1) is 17.1 Å². The lowest BCUT2D eigenvalue weighted by Gasteiger charge is -2.25. The Morgan fingerprint density at radius 2 is 1.86 bits per heavy atom. The Hall–Kier alpha value is -2.25. The smallest absolute Gasteiger partial charge is 0.338 e. The summed E-state index contributed by atoms with van der Waals surface area (Å²) in [6, 6.07) is 12.0. The highest BCUT2D eigenvalue weighted by molar-refractivity contribution is 7.89. The third-order valence-electron chi connectivity index (χ3n) is 4.78. The molecule has 1 aromatic heterocycles. The predicted octanol–water partition coefficient (Wildman–Crippen LogP) is 3.35. The quantitative estimate of drug-likeness (QED) is 0.524. The number of nitrogens with zero attached hydrogens (tertiary/aromatic N) is 2. The van der Waals surface area contributed by atoms with E-state index in [9.17, 15) is 13.2 Å². The molecule has 0 amide bonds. The Kier molecular flexibility index (Phi) is 6.80. The number of piperidine rings is 1. The van der Waals surface area contributed by atoms with Crippen LogP contribution in [0.5, 0.6) is 0 Å². The van der Waals surface area contributed by atoms with Gasteiger partial charge in [0.15, 0.2) is 0 Å². The minimum Gasteiger partial charge on any atom is -0.462 e. The number of hydrogen-bond donors (Lipinski definition) is 0. The van der Waals surface area contributed by atoms with Gasteiger partial charge in [0.1, 0.15) is 0 Å². The molecule has 0 aliphatic carbocycles. The van der Waals surface area contributed by atoms with E-state index in [0.29, 0.717) is 19.5 Å². The van der Waals surface area contributed by atoms with Gasteiger partial charge in [-0.3, -0.25) is 4.98 Å². The first-order valence-corrected chi connectivity index (χ1v) is 11.1. The number of benzene rings is 1. The fourth-order valence-electron chi connectivity index (χ4n) is 3.28. The molecule has 28 heavy (non-hydrogen) atoms. The van der Waals surface area contributed by atoms with E-state index in [2.05, 4.69) is 4.98 Å². The maximum absolute atomic E-state index is 12.8. The van der Waals surface area contributed by atoms with Crippen molar-refractivity contribution in [3.05, 3.63) is 59.4 Å². The highest BCUT2D eigenvalue weighted by Crippen LogP contribution is 2.21. The van der Waals surface area contributed by atoms with E-state index in [0.717, 1.165) is 37.1 Å². The molecule has 2 aromatic rings. The first-order valence-electron chi connectivity index (χ1n) is 9.67. The van der Waals surface area contributed by atoms with Gasteiger partial charge in [-0.25, -0.2) is 13.2 Å². The summed E-state index contributed by atoms with van der Waals surface area (Å²) in [4.78, 5) is 16.9. The SMILES string of the molecule is Cc1cccc(CCCOC(=O)c2cccc(S(=O)(=O)N3CCCCC3)c2)n1. The van der Waals surface area contributed by atoms with Crippen LogP contribution in [-0.2, 0) is 21.2 Å². The van der Waals surface area contributed by atoms with Gasteiger partial charge in [-0.2, -0.15) is 4.31 Å². The molecule has 3 rings (SSSR count). The zero-order chi connectivity index (χ0) is 20.0. The number of esters is 1. The molecule has 150 valence electrons. The van der Waals surface area contributed by atoms with E-state index < -0.39 is 16.0 Å². The van der Waals surface area contributed by atoms with Crippen LogP contribution < -0.4 is 0 Å². The Bertz CT molecular complexity index is 922. The zero-order valence-corrected chi connectivity index (χ0v) is 17.0. The molecular formula is C21H26N2O4S. The molecule has 6 nitrogen and oxygen atoms in total. The highest BCUT2D eigenvalue weighted by atomic mass is 32.2. The van der Waals surface area contributed by atoms with E-state index in [1.165, 1.54) is 16.4 Å². The summed E-state index contributed by atoms with van der Waals surface area (Å²) in [6.45, 7) is 3.26. The first-order chi connectivity index (χ1) is 13.5. The average molecular weight is 403 g/mol. The van der Waals surface area contributed by atoms with Crippen LogP contribution >= 0.6 is 0 Å². The first kappa shape index (κ1) is 20.5. The zero-order valence-electron chi connectivity index (χ0n) is 16.1. The van der Waals surface area contributed by atoms with Gasteiger partial charge in [-0.15, -0.1) is 0 Å². The largest absolute Gasteiger partial charge is 0.462 e. The Balaban J connectivity index is 1.57. The number of rotatable bonds is 7. The Morgan fingerprint density at radius 1 is 1.11 bits per heavy atom. The molecule has 1 aromatic carbocycles. The molecule has 0 radical (unpaired) electrons. The van der Waals surface area contributed by atoms with E-state index in [-0.39, 0.29) is 17.1 Å². The van der Waals surface area contributed by atoms with Crippen LogP contribution in [0.25, 0.3) is 0 Å². The molecule has 1 saturated heterocycles. The molecular weight excluding hydrogens is 376 g/mol. The maximum Gasteiger partial charge on any atom is 0.338 e. The molecule has 7 heteroatoms. The molecule has 1 fully saturated rings. The summed E-state index contributed by atoms with van der Waals surface area (Å²) >= 11 is 0. The third-order valence-corrected chi connectivity index (χ3v) is 6.67. The van der Waals surface area contributed by atoms with Crippen molar-refractivity contribution >= 4 is 16.0 Å². The lowest BCUT2D eigenvalue weighted by molar-refractivity contribution is 0.0500. The maximum atomic E-state index is 12.8. The van der Waals surface area contributed by atoms with Gasteiger partial charge in [-0.1, -0.05) is 18.6 Å². The predicted molar refractivity (Wildman–Crippen MR) is 107 cm³/mol. The number of hydrogen-bond acceptors (Lipinski definition) is 5. The number of sulfonamides is 1. The van der Waals surface area contributed by atoms with Crippen LogP contribution in [0.4, 0.5) is 0 Å². The number of pyridine rings is 1. The monoisotopic (exact) mass is 402 g/mol. The van der Waals surface area contributed by atoms with Gasteiger partial charge >= 0.3 is 5.97 Å². The summed E-state index contributed by atoms with van der Waals surface area (Å²) in [5.74, 6) is -0.507. The van der Waals surface area contributed by atoms with E-state index >= 15 is 0 Å². The van der Waals surface area contributed by atoms with Crippen molar-refractivity contribution < 1.29 is 17.9 Å². The van der Waals surface area contributed by atoms with E-state index in [1.54, 1.807) is 12.1 Å². The van der Waals surface area contributed by atoms with Gasteiger partial charge in [0, 0.05) is 24.5 Å². The topological polar surface area (TPSA) is 76.6 Å². The molecule has 0 bridgehead atoms. The lowest BCUT2D eigenvalue weighted by atomic mass is 10.2.